The van der Waals surface area contributed by atoms with Crippen molar-refractivity contribution in [3.8, 4) is 89.5 Å². The number of nitrogens with zero attached hydrogens (tertiary/aromatic N) is 4. The second kappa shape index (κ2) is 29.4. The van der Waals surface area contributed by atoms with Crippen molar-refractivity contribution in [3.05, 3.63) is 311 Å². The SMILES string of the molecule is Cc1ccc(-c2cc[n+](C)c(-c3ccccc3C)c2)cc1.Cc1ccccc1-c1cc(-c2ccccc2)cc[n+]1C.[2H]C(C)(C)c1ccc(-c2ccc(-c3ccccc3C)[n+](C)c2)cc1C.[2H]C([2H])([2H])c1ccc(-c2ccc(-c3ccccc3C)[n+](C)c2)cc1C([2H])(C)C([2H])([2H])[2H]. The molecule has 0 aliphatic carbocycles. The summed E-state index contributed by atoms with van der Waals surface area (Å²) in [5, 5.41) is 0. The molecule has 4 nitrogen and oxygen atoms in total. The van der Waals surface area contributed by atoms with Crippen molar-refractivity contribution in [1.82, 2.24) is 0 Å². The molecule has 0 aliphatic heterocycles. The smallest absolute Gasteiger partial charge is 0.201 e. The van der Waals surface area contributed by atoms with Gasteiger partial charge in [-0.25, -0.2) is 18.3 Å². The topological polar surface area (TPSA) is 15.5 Å². The van der Waals surface area contributed by atoms with Crippen LogP contribution in [0.15, 0.2) is 261 Å². The predicted molar refractivity (Wildman–Crippen MR) is 375 cm³/mol. The van der Waals surface area contributed by atoms with Crippen molar-refractivity contribution in [2.45, 2.75) is 87.8 Å². The number of rotatable bonds is 10. The summed E-state index contributed by atoms with van der Waals surface area (Å²) in [5.74, 6) is -2.63. The number of benzene rings is 8. The molecule has 89 heavy (non-hydrogen) atoms. The minimum atomic E-state index is -2.68. The summed E-state index contributed by atoms with van der Waals surface area (Å²) in [6.07, 6.45) is 8.37. The lowest BCUT2D eigenvalue weighted by molar-refractivity contribution is -0.660. The summed E-state index contributed by atoms with van der Waals surface area (Å²) in [5.41, 5.74) is 27.0. The molecule has 1 unspecified atom stereocenters. The maximum Gasteiger partial charge on any atom is 0.213 e. The molecule has 8 aromatic carbocycles. The Balaban J connectivity index is 0.000000154. The van der Waals surface area contributed by atoms with Gasteiger partial charge in [-0.1, -0.05) is 197 Å². The Labute approximate surface area is 543 Å². The van der Waals surface area contributed by atoms with Crippen molar-refractivity contribution in [3.63, 3.8) is 0 Å². The molecule has 12 aromatic rings. The van der Waals surface area contributed by atoms with E-state index in [-0.39, 0.29) is 11.1 Å². The average molecular weight is 1180 g/mol. The lowest BCUT2D eigenvalue weighted by Crippen LogP contribution is -2.30. The molecular weight excluding hydrogens is 1080 g/mol. The Morgan fingerprint density at radius 3 is 1.09 bits per heavy atom. The summed E-state index contributed by atoms with van der Waals surface area (Å²) in [7, 11) is 8.22. The first-order valence-corrected chi connectivity index (χ1v) is 30.5. The molecule has 4 heterocycles. The lowest BCUT2D eigenvalue weighted by Gasteiger charge is -2.12. The van der Waals surface area contributed by atoms with E-state index in [4.69, 9.17) is 11.0 Å². The van der Waals surface area contributed by atoms with Crippen LogP contribution in [0.2, 0.25) is 0 Å². The minimum Gasteiger partial charge on any atom is -0.201 e. The first-order valence-electron chi connectivity index (χ1n) is 34.5. The maximum atomic E-state index is 8.49. The van der Waals surface area contributed by atoms with Gasteiger partial charge in [0.15, 0.2) is 24.8 Å². The summed E-state index contributed by atoms with van der Waals surface area (Å²) < 4.78 is 72.1. The molecule has 4 aromatic heterocycles. The van der Waals surface area contributed by atoms with Gasteiger partial charge in [0.2, 0.25) is 22.8 Å². The molecule has 4 heteroatoms. The molecule has 0 radical (unpaired) electrons. The highest BCUT2D eigenvalue weighted by Crippen LogP contribution is 2.32. The molecule has 0 saturated heterocycles. The van der Waals surface area contributed by atoms with E-state index in [1.165, 1.54) is 114 Å². The molecule has 0 bridgehead atoms. The van der Waals surface area contributed by atoms with Gasteiger partial charge in [-0.15, -0.1) is 0 Å². The van der Waals surface area contributed by atoms with E-state index in [9.17, 15) is 0 Å². The first-order chi connectivity index (χ1) is 45.9. The zero-order valence-electron chi connectivity index (χ0n) is 62.1. The third-order valence-corrected chi connectivity index (χ3v) is 16.6. The van der Waals surface area contributed by atoms with E-state index in [0.717, 1.165) is 27.9 Å². The number of aryl methyl sites for hydroxylation is 11. The molecule has 0 saturated carbocycles. The summed E-state index contributed by atoms with van der Waals surface area (Å²) in [6.45, 7) is 12.7. The zero-order chi connectivity index (χ0) is 70.1. The molecule has 0 fully saturated rings. The second-order valence-corrected chi connectivity index (χ2v) is 23.6. The highest BCUT2D eigenvalue weighted by molar-refractivity contribution is 5.73. The van der Waals surface area contributed by atoms with Crippen LogP contribution in [0.4, 0.5) is 0 Å². The van der Waals surface area contributed by atoms with Crippen molar-refractivity contribution in [2.24, 2.45) is 28.2 Å². The van der Waals surface area contributed by atoms with Crippen LogP contribution in [0, 0.1) is 48.4 Å². The van der Waals surface area contributed by atoms with Gasteiger partial charge in [0, 0.05) is 80.7 Å². The molecule has 1 atom stereocenters. The Kier molecular flexibility index (Phi) is 17.7. The largest absolute Gasteiger partial charge is 0.213 e. The van der Waals surface area contributed by atoms with Gasteiger partial charge in [-0.3, -0.25) is 0 Å². The van der Waals surface area contributed by atoms with E-state index in [0.29, 0.717) is 5.56 Å². The van der Waals surface area contributed by atoms with Crippen molar-refractivity contribution in [1.29, 1.82) is 0 Å². The Bertz CT molecular complexity index is 4730. The molecule has 0 N–H and O–H groups in total. The van der Waals surface area contributed by atoms with E-state index in [2.05, 4.69) is 276 Å². The van der Waals surface area contributed by atoms with Crippen LogP contribution in [-0.2, 0) is 28.2 Å². The van der Waals surface area contributed by atoms with Crippen LogP contribution >= 0.6 is 0 Å². The van der Waals surface area contributed by atoms with Gasteiger partial charge in [-0.2, -0.15) is 0 Å². The Morgan fingerprint density at radius 2 is 0.674 bits per heavy atom. The van der Waals surface area contributed by atoms with E-state index in [1.54, 1.807) is 6.07 Å². The maximum absolute atomic E-state index is 8.49. The summed E-state index contributed by atoms with van der Waals surface area (Å²) >= 11 is 0. The summed E-state index contributed by atoms with van der Waals surface area (Å²) in [4.78, 5) is 0. The normalized spacial score (nSPS) is 13.2. The molecule has 0 aliphatic rings. The summed E-state index contributed by atoms with van der Waals surface area (Å²) in [6, 6.07) is 81.0. The number of hydrogen-bond donors (Lipinski definition) is 0. The molecule has 0 amide bonds. The number of hydrogen-bond acceptors (Lipinski definition) is 0. The molecule has 12 rings (SSSR count). The van der Waals surface area contributed by atoms with Gasteiger partial charge in [0.25, 0.3) is 0 Å². The van der Waals surface area contributed by atoms with E-state index in [1.807, 2.05) is 68.9 Å². The highest BCUT2D eigenvalue weighted by atomic mass is 14.9. The van der Waals surface area contributed by atoms with Crippen molar-refractivity contribution in [2.75, 3.05) is 0 Å². The van der Waals surface area contributed by atoms with Crippen LogP contribution in [0.5, 0.6) is 0 Å². The molecule has 446 valence electrons. The average Bonchev–Trinajstić information content (AvgIpc) is 0.761. The minimum absolute atomic E-state index is 0.00404. The fourth-order valence-corrected chi connectivity index (χ4v) is 11.4. The zero-order valence-corrected chi connectivity index (χ0v) is 54.1. The van der Waals surface area contributed by atoms with Crippen molar-refractivity contribution >= 4 is 0 Å². The number of aromatic nitrogens is 4. The fourth-order valence-electron chi connectivity index (χ4n) is 11.4. The van der Waals surface area contributed by atoms with Crippen LogP contribution in [0.25, 0.3) is 89.5 Å². The van der Waals surface area contributed by atoms with Crippen molar-refractivity contribution < 1.29 is 29.2 Å². The first kappa shape index (κ1) is 53.6. The molecular formula is C85H90N4+4. The quantitative estimate of drug-likeness (QED) is 0.121. The van der Waals surface area contributed by atoms with Crippen LogP contribution < -0.4 is 18.3 Å². The second-order valence-electron chi connectivity index (χ2n) is 23.6. The number of pyridine rings is 4. The van der Waals surface area contributed by atoms with Gasteiger partial charge in [0.1, 0.15) is 28.2 Å². The van der Waals surface area contributed by atoms with Crippen LogP contribution in [0.1, 0.15) is 100 Å². The Morgan fingerprint density at radius 1 is 0.292 bits per heavy atom. The standard InChI is InChI=1S/2C23H26N.C20H20N.C19H18N/c1-16(2)21-12-10-19(14-18(21)4)20-11-13-23(24(5)15-20)22-9-7-6-8-17(22)3;1-16(2)22-14-19(11-10-18(22)4)20-12-13-23(24(5)15-20)21-9-7-6-8-17(21)3;1-15-8-10-17(11-9-15)18-12-13-21(3)20(14-18)19-7-5-4-6-16(19)2;1-15-8-6-7-11-18(15)19-14-17(12-13-20(19)2)16-9-4-3-5-10-16/h2*6-16H,1-5H3;4-14H,1-3H3;3-14H,1-2H3/q4*+1/i16D;1D3,4D3,16D;;. The molecule has 0 spiro atoms. The monoisotopic (exact) mass is 1170 g/mol. The fraction of sp³-hybridized carbons (Fsp3) is 0.200. The van der Waals surface area contributed by atoms with Gasteiger partial charge in [-0.05, 0) is 174 Å². The third kappa shape index (κ3) is 15.7. The van der Waals surface area contributed by atoms with Gasteiger partial charge >= 0.3 is 0 Å². The van der Waals surface area contributed by atoms with E-state index < -0.39 is 25.5 Å². The van der Waals surface area contributed by atoms with Crippen LogP contribution in [-0.4, -0.2) is 0 Å². The lowest BCUT2D eigenvalue weighted by atomic mass is 9.93. The highest BCUT2D eigenvalue weighted by Gasteiger charge is 2.19. The Hall–Kier alpha value is -9.64. The van der Waals surface area contributed by atoms with Gasteiger partial charge < -0.3 is 0 Å². The predicted octanol–water partition coefficient (Wildman–Crippen LogP) is 19.8. The van der Waals surface area contributed by atoms with Gasteiger partial charge in [0.05, 0.1) is 0 Å². The van der Waals surface area contributed by atoms with Crippen LogP contribution in [0.3, 0.4) is 0 Å². The van der Waals surface area contributed by atoms with E-state index >= 15 is 0 Å². The third-order valence-electron chi connectivity index (χ3n) is 16.6.